The summed E-state index contributed by atoms with van der Waals surface area (Å²) in [6.45, 7) is 83.5. The smallest absolute Gasteiger partial charge is 0.657 e. The molecule has 4 aliphatic heterocycles. The molecule has 8 nitrogen and oxygen atoms in total. The Morgan fingerprint density at radius 2 is 0.239 bits per heavy atom. The maximum atomic E-state index is 6.21. The van der Waals surface area contributed by atoms with Crippen molar-refractivity contribution in [3.05, 3.63) is 270 Å². The fourth-order valence-electron chi connectivity index (χ4n) is 18.3. The van der Waals surface area contributed by atoms with Crippen molar-refractivity contribution in [3.8, 4) is 77.9 Å². The second-order valence-electron chi connectivity index (χ2n) is 50.5. The zero-order chi connectivity index (χ0) is 95.9. The van der Waals surface area contributed by atoms with Crippen LogP contribution in [0.15, 0.2) is 158 Å². The summed E-state index contributed by atoms with van der Waals surface area (Å²) in [6, 6.07) is 61.0. The maximum Gasteiger partial charge on any atom is 2.00 e. The van der Waals surface area contributed by atoms with Crippen LogP contribution >= 0.6 is 0 Å². The van der Waals surface area contributed by atoms with E-state index in [2.05, 4.69) is 456 Å². The summed E-state index contributed by atoms with van der Waals surface area (Å²) < 4.78 is 0. The Hall–Kier alpha value is -10.5. The Morgan fingerprint density at radius 1 is 0.142 bits per heavy atom. The summed E-state index contributed by atoms with van der Waals surface area (Å²) in [4.78, 5) is 49.0. The molecule has 6 aromatic carbocycles. The Balaban J connectivity index is 0.00000720. The van der Waals surface area contributed by atoms with Gasteiger partial charge in [0.15, 0.2) is 0 Å². The van der Waals surface area contributed by atoms with Crippen molar-refractivity contribution in [2.24, 2.45) is 0 Å². The van der Waals surface area contributed by atoms with Gasteiger partial charge in [-0.15, -0.1) is 44.1 Å². The quantitative estimate of drug-likeness (QED) is 0.145. The van der Waals surface area contributed by atoms with E-state index < -0.39 is 0 Å². The van der Waals surface area contributed by atoms with Crippen molar-refractivity contribution in [1.82, 2.24) is 39.9 Å². The molecule has 0 unspecified atom stereocenters. The summed E-state index contributed by atoms with van der Waals surface area (Å²) in [5.41, 5.74) is 37.7. The Kier molecular flexibility index (Phi) is 25.5. The van der Waals surface area contributed by atoms with Crippen molar-refractivity contribution in [2.45, 2.75) is 314 Å². The van der Waals surface area contributed by atoms with E-state index in [0.717, 1.165) is 145 Å². The van der Waals surface area contributed by atoms with E-state index in [9.17, 15) is 0 Å². The van der Waals surface area contributed by atoms with Gasteiger partial charge in [0.05, 0.1) is 45.6 Å². The number of benzene rings is 6. The van der Waals surface area contributed by atoms with Crippen LogP contribution in [0.5, 0.6) is 0 Å². The molecule has 6 aromatic heterocycles. The first-order valence-electron chi connectivity index (χ1n) is 48.0. The largest absolute Gasteiger partial charge is 2.00 e. The first-order valence-corrected chi connectivity index (χ1v) is 48.0. The van der Waals surface area contributed by atoms with Crippen LogP contribution < -0.4 is 19.9 Å². The van der Waals surface area contributed by atoms with Crippen molar-refractivity contribution < 1.29 is 33.0 Å². The van der Waals surface area contributed by atoms with Gasteiger partial charge in [0, 0.05) is 0 Å². The molecule has 0 N–H and O–H groups in total. The third kappa shape index (κ3) is 19.9. The summed E-state index contributed by atoms with van der Waals surface area (Å²) in [6.07, 6.45) is 17.8. The van der Waals surface area contributed by atoms with Crippen LogP contribution in [-0.4, -0.2) is 19.9 Å². The van der Waals surface area contributed by atoms with Gasteiger partial charge in [0.25, 0.3) is 0 Å². The van der Waals surface area contributed by atoms with E-state index in [0.29, 0.717) is 22.4 Å². The Morgan fingerprint density at radius 3 is 0.343 bits per heavy atom. The minimum atomic E-state index is -0.227. The van der Waals surface area contributed by atoms with Gasteiger partial charge in [0.1, 0.15) is 0 Å². The van der Waals surface area contributed by atoms with E-state index >= 15 is 0 Å². The summed E-state index contributed by atoms with van der Waals surface area (Å²) in [5.74, 6) is 0. The number of nitrogens with zero attached hydrogens (tertiary/aromatic N) is 8. The molecule has 16 bridgehead atoms. The molecule has 0 amide bonds. The van der Waals surface area contributed by atoms with Crippen molar-refractivity contribution in [2.75, 3.05) is 0 Å². The molecular weight excluding hydrogens is 1720 g/mol. The minimum Gasteiger partial charge on any atom is -0.657 e. The minimum absolute atomic E-state index is 0. The SMILES string of the molecule is CC(C)(C)c1cc(-c2c3nc(c(-c4cc(C(C)(C)C)cc(C(C)(C)C)c4)c4ccc([n-]4)c(-c4c5nc(c(-c6cc(C(C)(C)C)cc(C(C)(C)C)c6)c6ccc([n-]6)c(-c6cc(C(C)(C)C)cc(C(C)(C)C)c6)c6nc(c(-c7cc(C(C)(C)C)cc(C(C)(C)C)c7)c7ccc4[n-]7)C=C6)C=C5)c4nc(c(-c5cc(C(C)(C)C)cc(C(C)(C)C)c5)c5ccc2[n-]5)C=C4)C=C3)cc(C(C)(C)C)c1.[Ni+2].[Ni+2]. The molecule has 0 spiro atoms. The average molecular weight is 1860 g/mol. The Bertz CT molecular complexity index is 6440. The third-order valence-electron chi connectivity index (χ3n) is 27.2. The molecule has 0 fully saturated rings. The van der Waals surface area contributed by atoms with E-state index in [1.165, 1.54) is 66.8 Å². The van der Waals surface area contributed by atoms with Crippen molar-refractivity contribution >= 4 is 92.7 Å². The first-order chi connectivity index (χ1) is 60.9. The summed E-state index contributed by atoms with van der Waals surface area (Å²) >= 11 is 0. The second kappa shape index (κ2) is 34.3. The van der Waals surface area contributed by atoms with Crippen LogP contribution in [0.4, 0.5) is 0 Å². The fraction of sp³-hybridized carbons (Fsp3) is 0.387. The maximum absolute atomic E-state index is 6.21. The van der Waals surface area contributed by atoms with Crippen LogP contribution in [0.2, 0.25) is 0 Å². The van der Waals surface area contributed by atoms with E-state index in [1.807, 2.05) is 0 Å². The predicted molar refractivity (Wildman–Crippen MR) is 570 cm³/mol. The number of aromatic nitrogens is 8. The van der Waals surface area contributed by atoms with Gasteiger partial charge < -0.3 is 19.9 Å². The van der Waals surface area contributed by atoms with Crippen molar-refractivity contribution in [3.63, 3.8) is 0 Å². The van der Waals surface area contributed by atoms with Crippen LogP contribution in [-0.2, 0) is 98.0 Å². The van der Waals surface area contributed by atoms with Gasteiger partial charge in [0.2, 0.25) is 0 Å². The fourth-order valence-corrected chi connectivity index (χ4v) is 18.3. The topological polar surface area (TPSA) is 108 Å². The van der Waals surface area contributed by atoms with Gasteiger partial charge >= 0.3 is 33.0 Å². The molecule has 0 atom stereocenters. The van der Waals surface area contributed by atoms with Gasteiger partial charge in [-0.25, -0.2) is 19.9 Å². The van der Waals surface area contributed by atoms with Crippen LogP contribution in [0.3, 0.4) is 0 Å². The number of rotatable bonds is 7. The van der Waals surface area contributed by atoms with Gasteiger partial charge in [-0.05, 0) is 258 Å². The van der Waals surface area contributed by atoms with Crippen LogP contribution in [0, 0.1) is 0 Å². The van der Waals surface area contributed by atoms with Gasteiger partial charge in [-0.3, -0.25) is 0 Å². The number of fused-ring (bicyclic) bond motifs is 16. The monoisotopic (exact) mass is 1860 g/mol. The molecule has 16 rings (SSSR count). The molecule has 698 valence electrons. The van der Waals surface area contributed by atoms with E-state index in [1.54, 1.807) is 0 Å². The van der Waals surface area contributed by atoms with Crippen molar-refractivity contribution in [1.29, 1.82) is 0 Å². The third-order valence-corrected chi connectivity index (χ3v) is 27.2. The van der Waals surface area contributed by atoms with Gasteiger partial charge in [-0.2, -0.15) is 0 Å². The van der Waals surface area contributed by atoms with E-state index in [4.69, 9.17) is 39.9 Å². The standard InChI is InChI=1S/C124H142N8.2Ni/c1-113(2,3)77-53-71(54-78(65-77)114(4,5)6)105-89-37-41-93(125-89)107(73-57-81(117(13,14)15)67-82(58-73)118(16,17)18)97-45-49-101(129-97)111(102-50-46-98(130-102)108(94-42-38-90(105)126-94)74-59-83(119(19,20)21)68-84(60-74)120(22,23)24)112-103-51-47-99(131-103)109(75-61-85(121(25,26)27)69-86(62-75)122(28,29)30)95-43-39-91(127-95)106(72-55-79(115(7,8)9)66-80(56-72)116(10,11)12)92-40-44-96(128-92)110(100-48-52-104(112)132-100)76-63-87(123(31,32)33)70-88(64-76)124(34,35)36;;/h37-70H,1-36H3;;/q-4;2*+2. The first kappa shape index (κ1) is 99.5. The summed E-state index contributed by atoms with van der Waals surface area (Å²) in [7, 11) is 0. The van der Waals surface area contributed by atoms with E-state index in [-0.39, 0.29) is 98.0 Å². The predicted octanol–water partition coefficient (Wildman–Crippen LogP) is 33.4. The number of hydrogen-bond donors (Lipinski definition) is 0. The molecule has 0 radical (unpaired) electrons. The van der Waals surface area contributed by atoms with Gasteiger partial charge in [-0.1, -0.05) is 407 Å². The summed E-state index contributed by atoms with van der Waals surface area (Å²) in [5, 5.41) is 0. The molecule has 0 aliphatic carbocycles. The molecule has 10 heteroatoms. The zero-order valence-electron chi connectivity index (χ0n) is 86.8. The molecular formula is C124H142N8Ni2. The molecule has 10 heterocycles. The Labute approximate surface area is 821 Å². The molecule has 134 heavy (non-hydrogen) atoms. The normalized spacial score (nSPS) is 13.7. The van der Waals surface area contributed by atoms with Crippen LogP contribution in [0.25, 0.3) is 171 Å². The molecule has 12 aromatic rings. The number of hydrogen-bond acceptors (Lipinski definition) is 4. The molecule has 0 saturated carbocycles. The molecule has 4 aliphatic rings. The zero-order valence-corrected chi connectivity index (χ0v) is 88.8. The molecule has 0 saturated heterocycles. The average Bonchev–Trinajstić information content (AvgIpc) is 1.59. The second-order valence-corrected chi connectivity index (χ2v) is 50.5. The van der Waals surface area contributed by atoms with Crippen LogP contribution in [0.1, 0.15) is 362 Å².